The van der Waals surface area contributed by atoms with Gasteiger partial charge in [-0.2, -0.15) is 0 Å². The molecule has 1 heteroatoms. The Morgan fingerprint density at radius 1 is 1.33 bits per heavy atom. The molecule has 1 fully saturated rings. The standard InChI is InChI=1S/C11H22.H3N/c1-4-5-7-10-8-6-9-11(10,2)3;/h10H,4-9H2,1-3H3;1H3. The molecule has 0 aromatic heterocycles. The van der Waals surface area contributed by atoms with Crippen LogP contribution in [0.25, 0.3) is 0 Å². The van der Waals surface area contributed by atoms with Crippen molar-refractivity contribution >= 4 is 0 Å². The molecule has 0 spiro atoms. The van der Waals surface area contributed by atoms with E-state index in [9.17, 15) is 0 Å². The van der Waals surface area contributed by atoms with Gasteiger partial charge in [0.05, 0.1) is 0 Å². The summed E-state index contributed by atoms with van der Waals surface area (Å²) in [6.07, 6.45) is 8.71. The van der Waals surface area contributed by atoms with Gasteiger partial charge in [0.2, 0.25) is 0 Å². The summed E-state index contributed by atoms with van der Waals surface area (Å²) < 4.78 is 0. The average molecular weight is 171 g/mol. The minimum absolute atomic E-state index is 0. The molecule has 1 aliphatic rings. The molecule has 0 aromatic rings. The van der Waals surface area contributed by atoms with Crippen molar-refractivity contribution in [2.75, 3.05) is 0 Å². The first-order valence-electron chi connectivity index (χ1n) is 5.17. The Hall–Kier alpha value is -0.0400. The molecule has 0 saturated heterocycles. The summed E-state index contributed by atoms with van der Waals surface area (Å²) in [5, 5.41) is 0. The van der Waals surface area contributed by atoms with Gasteiger partial charge in [-0.1, -0.05) is 40.0 Å². The number of unbranched alkanes of at least 4 members (excludes halogenated alkanes) is 1. The summed E-state index contributed by atoms with van der Waals surface area (Å²) >= 11 is 0. The summed E-state index contributed by atoms with van der Waals surface area (Å²) in [6.45, 7) is 7.18. The van der Waals surface area contributed by atoms with Crippen LogP contribution in [0.2, 0.25) is 0 Å². The third kappa shape index (κ3) is 2.78. The summed E-state index contributed by atoms with van der Waals surface area (Å²) in [5.74, 6) is 1.03. The summed E-state index contributed by atoms with van der Waals surface area (Å²) in [4.78, 5) is 0. The van der Waals surface area contributed by atoms with Crippen molar-refractivity contribution in [3.05, 3.63) is 0 Å². The Bertz CT molecular complexity index is 118. The molecular formula is C11H25N. The van der Waals surface area contributed by atoms with Crippen LogP contribution in [0.4, 0.5) is 0 Å². The van der Waals surface area contributed by atoms with E-state index in [0.29, 0.717) is 5.41 Å². The van der Waals surface area contributed by atoms with E-state index in [-0.39, 0.29) is 6.15 Å². The molecule has 1 rings (SSSR count). The Balaban J connectivity index is 0.00000121. The highest BCUT2D eigenvalue weighted by molar-refractivity contribution is 4.84. The summed E-state index contributed by atoms with van der Waals surface area (Å²) in [5.41, 5.74) is 0.662. The second-order valence-electron chi connectivity index (χ2n) is 4.72. The highest BCUT2D eigenvalue weighted by Gasteiger charge is 2.33. The third-order valence-corrected chi connectivity index (χ3v) is 3.39. The second kappa shape index (κ2) is 4.86. The van der Waals surface area contributed by atoms with Gasteiger partial charge in [0, 0.05) is 0 Å². The van der Waals surface area contributed by atoms with Crippen LogP contribution in [0.5, 0.6) is 0 Å². The first-order chi connectivity index (χ1) is 5.17. The van der Waals surface area contributed by atoms with E-state index in [4.69, 9.17) is 0 Å². The molecule has 0 aromatic carbocycles. The van der Waals surface area contributed by atoms with E-state index in [2.05, 4.69) is 20.8 Å². The number of hydrogen-bond donors (Lipinski definition) is 1. The highest BCUT2D eigenvalue weighted by Crippen LogP contribution is 2.44. The quantitative estimate of drug-likeness (QED) is 0.679. The fourth-order valence-corrected chi connectivity index (χ4v) is 2.38. The van der Waals surface area contributed by atoms with Gasteiger partial charge in [0.25, 0.3) is 0 Å². The second-order valence-corrected chi connectivity index (χ2v) is 4.72. The van der Waals surface area contributed by atoms with Crippen molar-refractivity contribution in [1.82, 2.24) is 6.15 Å². The Kier molecular flexibility index (Phi) is 4.84. The van der Waals surface area contributed by atoms with Gasteiger partial charge < -0.3 is 6.15 Å². The van der Waals surface area contributed by atoms with E-state index in [1.807, 2.05) is 0 Å². The molecule has 1 aliphatic carbocycles. The van der Waals surface area contributed by atoms with E-state index in [1.54, 1.807) is 0 Å². The summed E-state index contributed by atoms with van der Waals surface area (Å²) in [6, 6.07) is 0. The fourth-order valence-electron chi connectivity index (χ4n) is 2.38. The lowest BCUT2D eigenvalue weighted by Crippen LogP contribution is -2.16. The molecule has 1 nitrogen and oxygen atoms in total. The van der Waals surface area contributed by atoms with E-state index >= 15 is 0 Å². The van der Waals surface area contributed by atoms with Crippen molar-refractivity contribution in [3.8, 4) is 0 Å². The maximum atomic E-state index is 2.44. The molecule has 0 heterocycles. The molecule has 1 unspecified atom stereocenters. The highest BCUT2D eigenvalue weighted by atomic mass is 14.4. The van der Waals surface area contributed by atoms with Crippen molar-refractivity contribution in [1.29, 1.82) is 0 Å². The van der Waals surface area contributed by atoms with Crippen LogP contribution in [0.15, 0.2) is 0 Å². The number of hydrogen-bond acceptors (Lipinski definition) is 1. The maximum Gasteiger partial charge on any atom is -0.0326 e. The smallest absolute Gasteiger partial charge is 0.0326 e. The van der Waals surface area contributed by atoms with Crippen molar-refractivity contribution in [2.45, 2.75) is 59.3 Å². The molecule has 12 heavy (non-hydrogen) atoms. The minimum atomic E-state index is 0. The van der Waals surface area contributed by atoms with Gasteiger partial charge in [-0.3, -0.25) is 0 Å². The fraction of sp³-hybridized carbons (Fsp3) is 1.00. The predicted octanol–water partition coefficient (Wildman–Crippen LogP) is 4.16. The molecule has 0 bridgehead atoms. The topological polar surface area (TPSA) is 35.0 Å². The van der Waals surface area contributed by atoms with Crippen LogP contribution in [0, 0.1) is 11.3 Å². The van der Waals surface area contributed by atoms with Crippen molar-refractivity contribution in [2.24, 2.45) is 11.3 Å². The van der Waals surface area contributed by atoms with E-state index in [0.717, 1.165) is 5.92 Å². The SMILES string of the molecule is CCCCC1CCCC1(C)C.N. The molecule has 1 atom stereocenters. The van der Waals surface area contributed by atoms with Crippen molar-refractivity contribution < 1.29 is 0 Å². The minimum Gasteiger partial charge on any atom is -0.344 e. The zero-order valence-electron chi connectivity index (χ0n) is 9.03. The van der Waals surface area contributed by atoms with Gasteiger partial charge >= 0.3 is 0 Å². The van der Waals surface area contributed by atoms with Gasteiger partial charge in [-0.15, -0.1) is 0 Å². The first kappa shape index (κ1) is 12.0. The molecule has 0 aliphatic heterocycles. The van der Waals surface area contributed by atoms with Crippen LogP contribution in [-0.4, -0.2) is 0 Å². The lowest BCUT2D eigenvalue weighted by atomic mass is 9.79. The van der Waals surface area contributed by atoms with Gasteiger partial charge in [-0.05, 0) is 30.6 Å². The molecule has 0 amide bonds. The van der Waals surface area contributed by atoms with E-state index < -0.39 is 0 Å². The lowest BCUT2D eigenvalue weighted by molar-refractivity contribution is 0.241. The zero-order valence-corrected chi connectivity index (χ0v) is 9.03. The monoisotopic (exact) mass is 171 g/mol. The molecular weight excluding hydrogens is 146 g/mol. The largest absolute Gasteiger partial charge is 0.344 e. The normalized spacial score (nSPS) is 26.8. The predicted molar refractivity (Wildman–Crippen MR) is 55.7 cm³/mol. The van der Waals surface area contributed by atoms with Crippen LogP contribution in [0.1, 0.15) is 59.3 Å². The van der Waals surface area contributed by atoms with Gasteiger partial charge in [-0.25, -0.2) is 0 Å². The maximum absolute atomic E-state index is 2.44. The Labute approximate surface area is 77.5 Å². The molecule has 74 valence electrons. The van der Waals surface area contributed by atoms with Crippen LogP contribution in [-0.2, 0) is 0 Å². The van der Waals surface area contributed by atoms with E-state index in [1.165, 1.54) is 38.5 Å². The Morgan fingerprint density at radius 3 is 2.42 bits per heavy atom. The van der Waals surface area contributed by atoms with Crippen LogP contribution in [0.3, 0.4) is 0 Å². The zero-order chi connectivity index (χ0) is 8.32. The first-order valence-corrected chi connectivity index (χ1v) is 5.17. The Morgan fingerprint density at radius 2 is 2.00 bits per heavy atom. The molecule has 1 saturated carbocycles. The van der Waals surface area contributed by atoms with Crippen molar-refractivity contribution in [3.63, 3.8) is 0 Å². The number of rotatable bonds is 3. The summed E-state index contributed by atoms with van der Waals surface area (Å²) in [7, 11) is 0. The lowest BCUT2D eigenvalue weighted by Gasteiger charge is -2.26. The molecule has 3 N–H and O–H groups in total. The third-order valence-electron chi connectivity index (χ3n) is 3.39. The van der Waals surface area contributed by atoms with Crippen LogP contribution >= 0.6 is 0 Å². The molecule has 0 radical (unpaired) electrons. The van der Waals surface area contributed by atoms with Gasteiger partial charge in [0.1, 0.15) is 0 Å². The van der Waals surface area contributed by atoms with Gasteiger partial charge in [0.15, 0.2) is 0 Å². The van der Waals surface area contributed by atoms with Crippen LogP contribution < -0.4 is 6.15 Å². The average Bonchev–Trinajstić information content (AvgIpc) is 2.25.